The van der Waals surface area contributed by atoms with Crippen LogP contribution in [0.1, 0.15) is 6.42 Å². The molecule has 0 aliphatic carbocycles. The van der Waals surface area contributed by atoms with E-state index in [-0.39, 0.29) is 24.7 Å². The van der Waals surface area contributed by atoms with Crippen LogP contribution in [0.5, 0.6) is 11.8 Å². The van der Waals surface area contributed by atoms with Crippen molar-refractivity contribution in [2.24, 2.45) is 5.73 Å². The van der Waals surface area contributed by atoms with Gasteiger partial charge in [-0.1, -0.05) is 9.24 Å². The Kier molecular flexibility index (Phi) is 2.78. The molecule has 1 heterocycles. The number of hydrogen-bond acceptors (Lipinski definition) is 3. The van der Waals surface area contributed by atoms with Crippen molar-refractivity contribution in [3.63, 3.8) is 0 Å². The van der Waals surface area contributed by atoms with E-state index in [0.29, 0.717) is 5.30 Å². The summed E-state index contributed by atoms with van der Waals surface area (Å²) in [5.74, 6) is -0.620. The third kappa shape index (κ3) is 2.12. The van der Waals surface area contributed by atoms with Gasteiger partial charge in [-0.2, -0.15) is 0 Å². The predicted molar refractivity (Wildman–Crippen MR) is 50.9 cm³/mol. The van der Waals surface area contributed by atoms with Crippen molar-refractivity contribution in [2.45, 2.75) is 13.0 Å². The molecule has 0 bridgehead atoms. The molecular weight excluding hydrogens is 191 g/mol. The van der Waals surface area contributed by atoms with Crippen LogP contribution < -0.4 is 11.0 Å². The topological polar surface area (TPSA) is 88.5 Å². The number of aromatic nitrogens is 1. The fourth-order valence-electron chi connectivity index (χ4n) is 0.988. The van der Waals surface area contributed by atoms with Crippen molar-refractivity contribution >= 4 is 20.5 Å². The summed E-state index contributed by atoms with van der Waals surface area (Å²) in [7, 11) is 2.27. The van der Waals surface area contributed by atoms with Crippen LogP contribution in [-0.2, 0) is 11.3 Å². The zero-order chi connectivity index (χ0) is 10.0. The van der Waals surface area contributed by atoms with Gasteiger partial charge in [0.05, 0.1) is 0 Å². The van der Waals surface area contributed by atoms with E-state index in [9.17, 15) is 15.0 Å². The highest BCUT2D eigenvalue weighted by Gasteiger charge is 2.10. The first-order valence-electron chi connectivity index (χ1n) is 3.67. The molecule has 72 valence electrons. The molecule has 1 rings (SSSR count). The van der Waals surface area contributed by atoms with Crippen LogP contribution in [0, 0.1) is 0 Å². The minimum atomic E-state index is -0.474. The van der Waals surface area contributed by atoms with Gasteiger partial charge in [-0.25, -0.2) is 0 Å². The summed E-state index contributed by atoms with van der Waals surface area (Å²) in [5.41, 5.74) is 4.93. The molecule has 1 unspecified atom stereocenters. The van der Waals surface area contributed by atoms with E-state index in [0.717, 1.165) is 0 Å². The van der Waals surface area contributed by atoms with Crippen LogP contribution in [-0.4, -0.2) is 20.7 Å². The summed E-state index contributed by atoms with van der Waals surface area (Å²) in [6.45, 7) is 0.182. The summed E-state index contributed by atoms with van der Waals surface area (Å²) in [4.78, 5) is 10.4. The van der Waals surface area contributed by atoms with Crippen molar-refractivity contribution in [1.82, 2.24) is 4.57 Å². The first kappa shape index (κ1) is 9.86. The highest BCUT2D eigenvalue weighted by Crippen LogP contribution is 2.21. The Morgan fingerprint density at radius 2 is 2.23 bits per heavy atom. The number of rotatable bonds is 3. The van der Waals surface area contributed by atoms with E-state index in [1.165, 1.54) is 10.6 Å². The van der Waals surface area contributed by atoms with Crippen LogP contribution in [0.3, 0.4) is 0 Å². The largest absolute Gasteiger partial charge is 0.494 e. The zero-order valence-corrected chi connectivity index (χ0v) is 8.05. The summed E-state index contributed by atoms with van der Waals surface area (Å²) < 4.78 is 1.22. The molecule has 1 atom stereocenters. The van der Waals surface area contributed by atoms with Crippen LogP contribution in [0.4, 0.5) is 0 Å². The van der Waals surface area contributed by atoms with Crippen molar-refractivity contribution < 1.29 is 15.0 Å². The number of hydrogen-bond donors (Lipinski definition) is 3. The van der Waals surface area contributed by atoms with Gasteiger partial charge >= 0.3 is 0 Å². The second-order valence-electron chi connectivity index (χ2n) is 2.65. The summed E-state index contributed by atoms with van der Waals surface area (Å²) >= 11 is 0. The molecule has 1 aromatic rings. The molecule has 0 aliphatic rings. The Morgan fingerprint density at radius 3 is 2.62 bits per heavy atom. The fourth-order valence-corrected chi connectivity index (χ4v) is 1.29. The smallest absolute Gasteiger partial charge is 0.219 e. The van der Waals surface area contributed by atoms with Crippen LogP contribution in [0.2, 0.25) is 0 Å². The summed E-state index contributed by atoms with van der Waals surface area (Å²) in [6, 6.07) is 1.39. The number of amides is 1. The van der Waals surface area contributed by atoms with Crippen molar-refractivity contribution in [3.8, 4) is 11.8 Å². The fraction of sp³-hybridized carbons (Fsp3) is 0.286. The normalized spacial score (nSPS) is 10.2. The number of carbonyl (C=O) groups is 1. The first-order chi connectivity index (χ1) is 6.02. The second kappa shape index (κ2) is 3.66. The Balaban J connectivity index is 2.81. The minimum Gasteiger partial charge on any atom is -0.494 e. The molecule has 0 radical (unpaired) electrons. The van der Waals surface area contributed by atoms with Crippen LogP contribution in [0.15, 0.2) is 6.07 Å². The van der Waals surface area contributed by atoms with Crippen molar-refractivity contribution in [1.29, 1.82) is 0 Å². The van der Waals surface area contributed by atoms with Gasteiger partial charge < -0.3 is 15.9 Å². The molecule has 0 aliphatic heterocycles. The average molecular weight is 202 g/mol. The zero-order valence-electron chi connectivity index (χ0n) is 6.90. The highest BCUT2D eigenvalue weighted by atomic mass is 31.0. The number of aromatic hydroxyl groups is 2. The van der Waals surface area contributed by atoms with Crippen molar-refractivity contribution in [3.05, 3.63) is 6.07 Å². The summed E-state index contributed by atoms with van der Waals surface area (Å²) in [6.07, 6.45) is 0.0832. The maximum atomic E-state index is 10.4. The van der Waals surface area contributed by atoms with Crippen molar-refractivity contribution in [2.75, 3.05) is 0 Å². The van der Waals surface area contributed by atoms with Gasteiger partial charge in [0.2, 0.25) is 11.8 Å². The molecule has 1 aromatic heterocycles. The number of nitrogens with two attached hydrogens (primary N) is 1. The monoisotopic (exact) mass is 202 g/mol. The molecule has 0 fully saturated rings. The number of primary amides is 1. The lowest BCUT2D eigenvalue weighted by atomic mass is 10.4. The summed E-state index contributed by atoms with van der Waals surface area (Å²) in [5, 5.41) is 19.1. The Morgan fingerprint density at radius 1 is 1.62 bits per heavy atom. The quantitative estimate of drug-likeness (QED) is 0.565. The maximum absolute atomic E-state index is 10.4. The second-order valence-corrected chi connectivity index (χ2v) is 3.27. The molecule has 0 spiro atoms. The van der Waals surface area contributed by atoms with E-state index in [4.69, 9.17) is 5.73 Å². The molecule has 6 heteroatoms. The molecular formula is C7H11N2O3P. The van der Waals surface area contributed by atoms with Gasteiger partial charge in [-0.15, -0.1) is 0 Å². The lowest BCUT2D eigenvalue weighted by Crippen LogP contribution is -2.13. The van der Waals surface area contributed by atoms with E-state index in [2.05, 4.69) is 9.24 Å². The Hall–Kier alpha value is -1.22. The van der Waals surface area contributed by atoms with E-state index >= 15 is 0 Å². The minimum absolute atomic E-state index is 0.0660. The van der Waals surface area contributed by atoms with Gasteiger partial charge in [-0.3, -0.25) is 9.36 Å². The maximum Gasteiger partial charge on any atom is 0.219 e. The lowest BCUT2D eigenvalue weighted by Gasteiger charge is -2.04. The predicted octanol–water partition coefficient (Wildman–Crippen LogP) is -0.725. The van der Waals surface area contributed by atoms with E-state index < -0.39 is 5.91 Å². The molecule has 13 heavy (non-hydrogen) atoms. The van der Waals surface area contributed by atoms with E-state index in [1.54, 1.807) is 0 Å². The van der Waals surface area contributed by atoms with Gasteiger partial charge in [0.25, 0.3) is 0 Å². The van der Waals surface area contributed by atoms with Crippen LogP contribution >= 0.6 is 9.24 Å². The van der Waals surface area contributed by atoms with Gasteiger partial charge in [0.15, 0.2) is 5.88 Å². The third-order valence-electron chi connectivity index (χ3n) is 1.66. The van der Waals surface area contributed by atoms with Crippen LogP contribution in [0.25, 0.3) is 0 Å². The number of carbonyl (C=O) groups excluding carboxylic acids is 1. The lowest BCUT2D eigenvalue weighted by molar-refractivity contribution is -0.118. The standard InChI is InChI=1S/C7H11N2O3P/c8-5(10)1-2-9-6(11)3-4(13)7(9)12/h3,11-12H,1-2,13H2,(H2,8,10). The SMILES string of the molecule is NC(=O)CCn1c(O)cc(P)c1O. The Bertz CT molecular complexity index is 335. The van der Waals surface area contributed by atoms with Gasteiger partial charge in [-0.05, 0) is 0 Å². The van der Waals surface area contributed by atoms with Gasteiger partial charge in [0, 0.05) is 24.3 Å². The van der Waals surface area contributed by atoms with Gasteiger partial charge in [0.1, 0.15) is 0 Å². The molecule has 0 saturated heterocycles. The molecule has 4 N–H and O–H groups in total. The number of nitrogens with zero attached hydrogens (tertiary/aromatic N) is 1. The average Bonchev–Trinajstić information content (AvgIpc) is 2.24. The molecule has 5 nitrogen and oxygen atoms in total. The first-order valence-corrected chi connectivity index (χ1v) is 4.25. The molecule has 0 saturated carbocycles. The molecule has 1 amide bonds. The Labute approximate surface area is 77.4 Å². The molecule has 0 aromatic carbocycles. The third-order valence-corrected chi connectivity index (χ3v) is 2.08. The highest BCUT2D eigenvalue weighted by molar-refractivity contribution is 7.27. The van der Waals surface area contributed by atoms with E-state index in [1.807, 2.05) is 0 Å².